The van der Waals surface area contributed by atoms with Crippen molar-refractivity contribution in [2.45, 2.75) is 32.2 Å². The van der Waals surface area contributed by atoms with Crippen LogP contribution in [0.15, 0.2) is 19.0 Å². The van der Waals surface area contributed by atoms with E-state index in [4.69, 9.17) is 0 Å². The van der Waals surface area contributed by atoms with Gasteiger partial charge in [-0.15, -0.1) is 0 Å². The van der Waals surface area contributed by atoms with Crippen LogP contribution in [0.25, 0.3) is 11.2 Å². The predicted octanol–water partition coefficient (Wildman–Crippen LogP) is 1.35. The van der Waals surface area contributed by atoms with Gasteiger partial charge < -0.3 is 9.47 Å². The summed E-state index contributed by atoms with van der Waals surface area (Å²) in [5, 5.41) is 6.95. The Morgan fingerprint density at radius 1 is 1.23 bits per heavy atom. The molecule has 0 amide bonds. The topological polar surface area (TPSA) is 88.4 Å². The van der Waals surface area contributed by atoms with Crippen LogP contribution in [-0.2, 0) is 6.54 Å². The van der Waals surface area contributed by atoms with Crippen LogP contribution in [0.1, 0.15) is 31.5 Å². The van der Waals surface area contributed by atoms with Crippen LogP contribution < -0.4 is 4.90 Å². The van der Waals surface area contributed by atoms with Gasteiger partial charge in [0.1, 0.15) is 18.5 Å². The highest BCUT2D eigenvalue weighted by Gasteiger charge is 2.26. The molecule has 1 unspecified atom stereocenters. The van der Waals surface area contributed by atoms with Gasteiger partial charge in [0, 0.05) is 25.6 Å². The Morgan fingerprint density at radius 3 is 3.00 bits per heavy atom. The first kappa shape index (κ1) is 13.2. The van der Waals surface area contributed by atoms with Crippen molar-refractivity contribution < 1.29 is 0 Å². The van der Waals surface area contributed by atoms with Crippen molar-refractivity contribution >= 4 is 17.0 Å². The summed E-state index contributed by atoms with van der Waals surface area (Å²) in [6, 6.07) is 0. The van der Waals surface area contributed by atoms with Crippen molar-refractivity contribution in [3.05, 3.63) is 24.8 Å². The van der Waals surface area contributed by atoms with E-state index < -0.39 is 0 Å². The number of nitrogens with zero attached hydrogens (tertiary/aromatic N) is 7. The standard InChI is InChI=1S/C14H18N8/c1-2-21-9-18-11-13(21)16-7-17-14(11)22-5-3-4-10(6-22)12-15-8-19-20-12/h7-10H,2-6H2,1H3,(H,15,19,20). The molecule has 4 rings (SSSR count). The predicted molar refractivity (Wildman–Crippen MR) is 81.6 cm³/mol. The van der Waals surface area contributed by atoms with Gasteiger partial charge in [-0.3, -0.25) is 5.10 Å². The number of imidazole rings is 1. The van der Waals surface area contributed by atoms with Gasteiger partial charge >= 0.3 is 0 Å². The van der Waals surface area contributed by atoms with Gasteiger partial charge in [0.05, 0.1) is 6.33 Å². The largest absolute Gasteiger partial charge is 0.354 e. The number of hydrogen-bond acceptors (Lipinski definition) is 6. The first-order valence-electron chi connectivity index (χ1n) is 7.63. The number of nitrogens with one attached hydrogen (secondary N) is 1. The van der Waals surface area contributed by atoms with E-state index in [1.807, 2.05) is 10.9 Å². The second kappa shape index (κ2) is 5.36. The zero-order chi connectivity index (χ0) is 14.9. The minimum absolute atomic E-state index is 0.356. The molecule has 8 nitrogen and oxygen atoms in total. The normalized spacial score (nSPS) is 19.0. The van der Waals surface area contributed by atoms with E-state index in [0.29, 0.717) is 5.92 Å². The summed E-state index contributed by atoms with van der Waals surface area (Å²) in [4.78, 5) is 20.0. The molecule has 1 aliphatic heterocycles. The summed E-state index contributed by atoms with van der Waals surface area (Å²) < 4.78 is 2.04. The minimum Gasteiger partial charge on any atom is -0.354 e. The Kier molecular flexibility index (Phi) is 3.21. The molecule has 22 heavy (non-hydrogen) atoms. The molecule has 8 heteroatoms. The second-order valence-corrected chi connectivity index (χ2v) is 5.56. The number of aryl methyl sites for hydroxylation is 1. The summed E-state index contributed by atoms with van der Waals surface area (Å²) in [6.07, 6.45) is 7.25. The average molecular weight is 298 g/mol. The molecule has 1 fully saturated rings. The highest BCUT2D eigenvalue weighted by Crippen LogP contribution is 2.29. The van der Waals surface area contributed by atoms with Crippen molar-refractivity contribution in [1.29, 1.82) is 0 Å². The number of aromatic amines is 1. The lowest BCUT2D eigenvalue weighted by Crippen LogP contribution is -2.35. The molecule has 1 saturated heterocycles. The third kappa shape index (κ3) is 2.11. The third-order valence-corrected chi connectivity index (χ3v) is 4.26. The van der Waals surface area contributed by atoms with Gasteiger partial charge in [-0.05, 0) is 19.8 Å². The van der Waals surface area contributed by atoms with Crippen LogP contribution in [0, 0.1) is 0 Å². The first-order chi connectivity index (χ1) is 10.9. The SMILES string of the molecule is CCn1cnc2c(N3CCCC(c4ncn[nH]4)C3)ncnc21. The third-order valence-electron chi connectivity index (χ3n) is 4.26. The summed E-state index contributed by atoms with van der Waals surface area (Å²) in [6.45, 7) is 4.80. The van der Waals surface area contributed by atoms with E-state index in [1.165, 1.54) is 0 Å². The number of anilines is 1. The van der Waals surface area contributed by atoms with Gasteiger partial charge in [-0.25, -0.2) is 19.9 Å². The van der Waals surface area contributed by atoms with E-state index in [1.54, 1.807) is 12.7 Å². The monoisotopic (exact) mass is 298 g/mol. The Morgan fingerprint density at radius 2 is 2.18 bits per heavy atom. The Labute approximate surface area is 127 Å². The van der Waals surface area contributed by atoms with Gasteiger partial charge in [0.2, 0.25) is 0 Å². The molecule has 1 N–H and O–H groups in total. The first-order valence-corrected chi connectivity index (χ1v) is 7.63. The van der Waals surface area contributed by atoms with Crippen LogP contribution in [0.2, 0.25) is 0 Å². The van der Waals surface area contributed by atoms with Crippen LogP contribution >= 0.6 is 0 Å². The van der Waals surface area contributed by atoms with Crippen LogP contribution in [0.4, 0.5) is 5.82 Å². The fourth-order valence-corrected chi connectivity index (χ4v) is 3.14. The molecule has 3 aromatic heterocycles. The summed E-state index contributed by atoms with van der Waals surface area (Å²) in [5.41, 5.74) is 1.77. The number of hydrogen-bond donors (Lipinski definition) is 1. The number of H-pyrrole nitrogens is 1. The molecule has 114 valence electrons. The number of piperidine rings is 1. The number of fused-ring (bicyclic) bond motifs is 1. The van der Waals surface area contributed by atoms with Crippen molar-refractivity contribution in [2.75, 3.05) is 18.0 Å². The summed E-state index contributed by atoms with van der Waals surface area (Å²) in [5.74, 6) is 2.23. The van der Waals surface area contributed by atoms with Crippen LogP contribution in [0.3, 0.4) is 0 Å². The van der Waals surface area contributed by atoms with Gasteiger partial charge in [-0.1, -0.05) is 0 Å². The van der Waals surface area contributed by atoms with Crippen LogP contribution in [-0.4, -0.2) is 47.8 Å². The van der Waals surface area contributed by atoms with E-state index in [2.05, 4.69) is 42.0 Å². The van der Waals surface area contributed by atoms with Crippen molar-refractivity contribution in [3.8, 4) is 0 Å². The average Bonchev–Trinajstić information content (AvgIpc) is 3.24. The highest BCUT2D eigenvalue weighted by atomic mass is 15.2. The highest BCUT2D eigenvalue weighted by molar-refractivity contribution is 5.83. The fraction of sp³-hybridized carbons (Fsp3) is 0.500. The molecular formula is C14H18N8. The molecular weight excluding hydrogens is 280 g/mol. The van der Waals surface area contributed by atoms with Gasteiger partial charge in [0.25, 0.3) is 0 Å². The van der Waals surface area contributed by atoms with Gasteiger partial charge in [0.15, 0.2) is 17.0 Å². The maximum absolute atomic E-state index is 4.51. The molecule has 0 bridgehead atoms. The molecule has 4 heterocycles. The molecule has 0 aliphatic carbocycles. The Bertz CT molecular complexity index is 762. The van der Waals surface area contributed by atoms with Crippen molar-refractivity contribution in [1.82, 2.24) is 34.7 Å². The molecule has 0 spiro atoms. The van der Waals surface area contributed by atoms with Gasteiger partial charge in [-0.2, -0.15) is 5.10 Å². The zero-order valence-corrected chi connectivity index (χ0v) is 12.5. The molecule has 1 atom stereocenters. The van der Waals surface area contributed by atoms with E-state index in [-0.39, 0.29) is 0 Å². The maximum atomic E-state index is 4.51. The fourth-order valence-electron chi connectivity index (χ4n) is 3.14. The van der Waals surface area contributed by atoms with E-state index >= 15 is 0 Å². The van der Waals surface area contributed by atoms with Crippen LogP contribution in [0.5, 0.6) is 0 Å². The Hall–Kier alpha value is -2.51. The molecule has 3 aromatic rings. The Balaban J connectivity index is 1.68. The maximum Gasteiger partial charge on any atom is 0.165 e. The zero-order valence-electron chi connectivity index (χ0n) is 12.5. The quantitative estimate of drug-likeness (QED) is 0.785. The molecule has 0 radical (unpaired) electrons. The molecule has 1 aliphatic rings. The summed E-state index contributed by atoms with van der Waals surface area (Å²) in [7, 11) is 0. The second-order valence-electron chi connectivity index (χ2n) is 5.56. The lowest BCUT2D eigenvalue weighted by Gasteiger charge is -2.32. The molecule has 0 aromatic carbocycles. The lowest BCUT2D eigenvalue weighted by molar-refractivity contribution is 0.490. The smallest absolute Gasteiger partial charge is 0.165 e. The number of aromatic nitrogens is 7. The summed E-state index contributed by atoms with van der Waals surface area (Å²) >= 11 is 0. The van der Waals surface area contributed by atoms with E-state index in [0.717, 1.165) is 55.3 Å². The van der Waals surface area contributed by atoms with Crippen molar-refractivity contribution in [3.63, 3.8) is 0 Å². The molecule has 0 saturated carbocycles. The van der Waals surface area contributed by atoms with Crippen molar-refractivity contribution in [2.24, 2.45) is 0 Å². The number of rotatable bonds is 3. The minimum atomic E-state index is 0.356. The van der Waals surface area contributed by atoms with E-state index in [9.17, 15) is 0 Å². The lowest BCUT2D eigenvalue weighted by atomic mass is 9.97.